The first-order valence-corrected chi connectivity index (χ1v) is 13.8. The minimum atomic E-state index is -0.497. The van der Waals surface area contributed by atoms with Crippen molar-refractivity contribution >= 4 is 21.5 Å². The molecule has 0 aliphatic heterocycles. The Balaban J connectivity index is 1.53. The molecule has 188 valence electrons. The highest BCUT2D eigenvalue weighted by molar-refractivity contribution is 6.03. The van der Waals surface area contributed by atoms with E-state index in [9.17, 15) is 10.2 Å². The number of phenolic OH excluding ortho intramolecular Hbond substituents is 2. The molecule has 6 aromatic carbocycles. The maximum Gasteiger partial charge on any atom is 0.128 e. The van der Waals surface area contributed by atoms with Gasteiger partial charge in [-0.05, 0) is 81.6 Å². The van der Waals surface area contributed by atoms with E-state index >= 15 is 0 Å². The number of aryl methyl sites for hydroxylation is 2. The molecule has 0 amide bonds. The third-order valence-corrected chi connectivity index (χ3v) is 9.22. The van der Waals surface area contributed by atoms with Crippen LogP contribution in [-0.2, 0) is 18.3 Å². The minimum Gasteiger partial charge on any atom is -0.507 e. The van der Waals surface area contributed by atoms with Crippen LogP contribution < -0.4 is 0 Å². The van der Waals surface area contributed by atoms with Gasteiger partial charge in [-0.3, -0.25) is 0 Å². The summed E-state index contributed by atoms with van der Waals surface area (Å²) in [6.07, 6.45) is 3.51. The molecule has 8 rings (SSSR count). The van der Waals surface area contributed by atoms with Gasteiger partial charge in [-0.1, -0.05) is 97.1 Å². The van der Waals surface area contributed by atoms with E-state index in [0.717, 1.165) is 80.6 Å². The minimum absolute atomic E-state index is 0.345. The van der Waals surface area contributed by atoms with E-state index in [4.69, 9.17) is 0 Å². The molecule has 0 atom stereocenters. The number of hydrogen-bond donors (Lipinski definition) is 2. The quantitative estimate of drug-likeness (QED) is 0.247. The van der Waals surface area contributed by atoms with Gasteiger partial charge in [-0.2, -0.15) is 0 Å². The predicted molar refractivity (Wildman–Crippen MR) is 160 cm³/mol. The number of fused-ring (bicyclic) bond motifs is 2. The Morgan fingerprint density at radius 2 is 0.923 bits per heavy atom. The lowest BCUT2D eigenvalue weighted by Gasteiger charge is -2.44. The first-order chi connectivity index (χ1) is 19.2. The van der Waals surface area contributed by atoms with Crippen LogP contribution in [0.1, 0.15) is 35.1 Å². The summed E-state index contributed by atoms with van der Waals surface area (Å²) in [5, 5.41) is 29.0. The van der Waals surface area contributed by atoms with Crippen LogP contribution in [0.15, 0.2) is 109 Å². The van der Waals surface area contributed by atoms with Crippen molar-refractivity contribution in [3.8, 4) is 33.8 Å². The summed E-state index contributed by atoms with van der Waals surface area (Å²) in [4.78, 5) is 0. The summed E-state index contributed by atoms with van der Waals surface area (Å²) in [5.41, 5.74) is 7.73. The normalized spacial score (nSPS) is 15.2. The Morgan fingerprint density at radius 1 is 0.487 bits per heavy atom. The van der Waals surface area contributed by atoms with Gasteiger partial charge in [0.25, 0.3) is 0 Å². The van der Waals surface area contributed by atoms with E-state index in [1.807, 2.05) is 36.4 Å². The number of rotatable bonds is 2. The molecule has 6 aromatic rings. The summed E-state index contributed by atoms with van der Waals surface area (Å²) < 4.78 is 0. The maximum atomic E-state index is 12.2. The maximum absolute atomic E-state index is 12.2. The topological polar surface area (TPSA) is 40.5 Å². The molecule has 0 unspecified atom stereocenters. The molecule has 39 heavy (non-hydrogen) atoms. The van der Waals surface area contributed by atoms with Crippen LogP contribution in [0.2, 0.25) is 0 Å². The molecular weight excluding hydrogens is 476 g/mol. The number of hydrogen-bond acceptors (Lipinski definition) is 2. The highest BCUT2D eigenvalue weighted by atomic mass is 16.3. The fourth-order valence-corrected chi connectivity index (χ4v) is 7.51. The summed E-state index contributed by atoms with van der Waals surface area (Å²) in [7, 11) is 0. The van der Waals surface area contributed by atoms with Gasteiger partial charge in [0, 0.05) is 27.7 Å². The lowest BCUT2D eigenvalue weighted by Crippen LogP contribution is -2.35. The van der Waals surface area contributed by atoms with Gasteiger partial charge < -0.3 is 10.2 Å². The molecule has 0 fully saturated rings. The second kappa shape index (κ2) is 8.22. The van der Waals surface area contributed by atoms with Crippen LogP contribution in [0.4, 0.5) is 0 Å². The fourth-order valence-electron chi connectivity index (χ4n) is 7.51. The van der Waals surface area contributed by atoms with Crippen LogP contribution >= 0.6 is 0 Å². The SMILES string of the molecule is Oc1c(-c2ccccc2)cc2cccc3c2c1C1(CC3)CCc2cccc3cc(-c4ccccc4)c(O)c1c23. The van der Waals surface area contributed by atoms with E-state index in [-0.39, 0.29) is 0 Å². The zero-order chi connectivity index (χ0) is 26.1. The predicted octanol–water partition coefficient (Wildman–Crippen LogP) is 8.92. The van der Waals surface area contributed by atoms with Crippen LogP contribution in [0.3, 0.4) is 0 Å². The Bertz CT molecular complexity index is 1780. The van der Waals surface area contributed by atoms with E-state index < -0.39 is 5.41 Å². The van der Waals surface area contributed by atoms with Crippen molar-refractivity contribution in [1.82, 2.24) is 0 Å². The number of benzene rings is 6. The van der Waals surface area contributed by atoms with Crippen LogP contribution in [-0.4, -0.2) is 10.2 Å². The van der Waals surface area contributed by atoms with Crippen molar-refractivity contribution in [2.45, 2.75) is 31.1 Å². The average molecular weight is 505 g/mol. The zero-order valence-corrected chi connectivity index (χ0v) is 21.6. The molecule has 2 aliphatic rings. The molecule has 2 heteroatoms. The highest BCUT2D eigenvalue weighted by Gasteiger charge is 2.46. The smallest absolute Gasteiger partial charge is 0.128 e. The molecule has 0 bridgehead atoms. The Labute approximate surface area is 227 Å². The van der Waals surface area contributed by atoms with Crippen molar-refractivity contribution in [1.29, 1.82) is 0 Å². The van der Waals surface area contributed by atoms with Crippen molar-refractivity contribution in [2.75, 3.05) is 0 Å². The van der Waals surface area contributed by atoms with Gasteiger partial charge in [-0.15, -0.1) is 0 Å². The molecule has 2 nitrogen and oxygen atoms in total. The van der Waals surface area contributed by atoms with Crippen molar-refractivity contribution < 1.29 is 10.2 Å². The Kier molecular flexibility index (Phi) is 4.73. The number of aromatic hydroxyl groups is 2. The Hall–Kier alpha value is -4.56. The van der Waals surface area contributed by atoms with Gasteiger partial charge in [0.15, 0.2) is 0 Å². The molecule has 0 aromatic heterocycles. The third kappa shape index (κ3) is 3.09. The summed E-state index contributed by atoms with van der Waals surface area (Å²) in [6, 6.07) is 37.6. The molecule has 1 spiro atoms. The van der Waals surface area contributed by atoms with Crippen molar-refractivity contribution in [3.05, 3.63) is 131 Å². The van der Waals surface area contributed by atoms with E-state index in [2.05, 4.69) is 72.8 Å². The molecule has 0 heterocycles. The lowest BCUT2D eigenvalue weighted by atomic mass is 9.58. The van der Waals surface area contributed by atoms with Gasteiger partial charge >= 0.3 is 0 Å². The van der Waals surface area contributed by atoms with E-state index in [1.165, 1.54) is 11.1 Å². The summed E-state index contributed by atoms with van der Waals surface area (Å²) >= 11 is 0. The van der Waals surface area contributed by atoms with Gasteiger partial charge in [0.05, 0.1) is 0 Å². The molecule has 0 saturated heterocycles. The zero-order valence-electron chi connectivity index (χ0n) is 21.6. The lowest BCUT2D eigenvalue weighted by molar-refractivity contribution is 0.376. The van der Waals surface area contributed by atoms with Crippen molar-refractivity contribution in [2.24, 2.45) is 0 Å². The second-order valence-electron chi connectivity index (χ2n) is 11.1. The summed E-state index contributed by atoms with van der Waals surface area (Å²) in [5.74, 6) is 0.691. The standard InChI is InChI=1S/C37H28O2/c38-35-29(23-9-3-1-4-10-23)21-27-15-7-13-25-17-19-37(33(35)31(25)27)20-18-26-14-8-16-28-22-30(24-11-5-2-6-12-24)36(39)34(37)32(26)28/h1-16,21-22,38-39H,17-20H2. The molecule has 0 radical (unpaired) electrons. The monoisotopic (exact) mass is 504 g/mol. The Morgan fingerprint density at radius 3 is 1.36 bits per heavy atom. The molecule has 0 saturated carbocycles. The van der Waals surface area contributed by atoms with E-state index in [0.29, 0.717) is 11.5 Å². The van der Waals surface area contributed by atoms with Gasteiger partial charge in [-0.25, -0.2) is 0 Å². The van der Waals surface area contributed by atoms with Crippen LogP contribution in [0, 0.1) is 0 Å². The van der Waals surface area contributed by atoms with E-state index in [1.54, 1.807) is 0 Å². The summed E-state index contributed by atoms with van der Waals surface area (Å²) in [6.45, 7) is 0. The molecular formula is C37H28O2. The van der Waals surface area contributed by atoms with Gasteiger partial charge in [0.2, 0.25) is 0 Å². The van der Waals surface area contributed by atoms with Crippen molar-refractivity contribution in [3.63, 3.8) is 0 Å². The highest BCUT2D eigenvalue weighted by Crippen LogP contribution is 2.60. The van der Waals surface area contributed by atoms with Gasteiger partial charge in [0.1, 0.15) is 11.5 Å². The van der Waals surface area contributed by atoms with Crippen LogP contribution in [0.25, 0.3) is 43.8 Å². The first kappa shape index (κ1) is 22.4. The fraction of sp³-hybridized carbons (Fsp3) is 0.135. The molecule has 2 N–H and O–H groups in total. The third-order valence-electron chi connectivity index (χ3n) is 9.22. The second-order valence-corrected chi connectivity index (χ2v) is 11.1. The number of phenols is 2. The molecule has 2 aliphatic carbocycles. The largest absolute Gasteiger partial charge is 0.507 e. The first-order valence-electron chi connectivity index (χ1n) is 13.8. The average Bonchev–Trinajstić information content (AvgIpc) is 2.99. The van der Waals surface area contributed by atoms with Crippen LogP contribution in [0.5, 0.6) is 11.5 Å².